The van der Waals surface area contributed by atoms with Gasteiger partial charge in [-0.1, -0.05) is 48.5 Å². The van der Waals surface area contributed by atoms with Crippen molar-refractivity contribution in [3.63, 3.8) is 0 Å². The number of rotatable bonds is 6. The Hall–Kier alpha value is -4.19. The summed E-state index contributed by atoms with van der Waals surface area (Å²) in [5.41, 5.74) is 9.68. The molecule has 0 bridgehead atoms. The third kappa shape index (κ3) is 4.12. The van der Waals surface area contributed by atoms with Crippen molar-refractivity contribution in [2.45, 2.75) is 6.54 Å². The fraction of sp³-hybridized carbons (Fsp3) is 0.0417. The van der Waals surface area contributed by atoms with Crippen LogP contribution in [-0.2, 0) is 6.54 Å². The fourth-order valence-corrected chi connectivity index (χ4v) is 3.15. The summed E-state index contributed by atoms with van der Waals surface area (Å²) in [6.45, 7) is 0.313. The number of para-hydroxylation sites is 1. The van der Waals surface area contributed by atoms with Gasteiger partial charge in [-0.2, -0.15) is 5.10 Å². The molecule has 4 rings (SSSR count). The van der Waals surface area contributed by atoms with E-state index in [1.807, 2.05) is 71.5 Å². The normalized spacial score (nSPS) is 10.5. The van der Waals surface area contributed by atoms with E-state index in [0.29, 0.717) is 17.7 Å². The maximum absolute atomic E-state index is 12.6. The van der Waals surface area contributed by atoms with Crippen molar-refractivity contribution < 1.29 is 9.59 Å². The smallest absolute Gasteiger partial charge is 0.251 e. The second-order valence-electron chi connectivity index (χ2n) is 6.77. The van der Waals surface area contributed by atoms with Gasteiger partial charge in [0.1, 0.15) is 0 Å². The molecule has 0 saturated carbocycles. The lowest BCUT2D eigenvalue weighted by molar-refractivity contribution is 0.0948. The molecular weight excluding hydrogens is 376 g/mol. The molecule has 6 heteroatoms. The van der Waals surface area contributed by atoms with Crippen LogP contribution in [0.15, 0.2) is 91.1 Å². The van der Waals surface area contributed by atoms with Crippen LogP contribution in [0.4, 0.5) is 0 Å². The summed E-state index contributed by atoms with van der Waals surface area (Å²) >= 11 is 0. The van der Waals surface area contributed by atoms with Gasteiger partial charge in [-0.15, -0.1) is 0 Å². The number of nitrogens with zero attached hydrogens (tertiary/aromatic N) is 2. The molecule has 0 atom stereocenters. The molecule has 0 aliphatic carbocycles. The van der Waals surface area contributed by atoms with Gasteiger partial charge in [0.25, 0.3) is 5.91 Å². The van der Waals surface area contributed by atoms with Gasteiger partial charge in [0, 0.05) is 35.0 Å². The monoisotopic (exact) mass is 396 g/mol. The third-order valence-corrected chi connectivity index (χ3v) is 4.73. The zero-order valence-electron chi connectivity index (χ0n) is 16.2. The van der Waals surface area contributed by atoms with Crippen molar-refractivity contribution in [2.24, 2.45) is 5.73 Å². The molecule has 0 aliphatic heterocycles. The highest BCUT2D eigenvalue weighted by Gasteiger charge is 2.14. The van der Waals surface area contributed by atoms with E-state index in [9.17, 15) is 9.59 Å². The number of amides is 2. The molecule has 0 spiro atoms. The summed E-state index contributed by atoms with van der Waals surface area (Å²) in [6.07, 6.45) is 1.92. The molecule has 3 N–H and O–H groups in total. The number of aromatic nitrogens is 2. The van der Waals surface area contributed by atoms with Crippen LogP contribution >= 0.6 is 0 Å². The van der Waals surface area contributed by atoms with Crippen LogP contribution in [0.2, 0.25) is 0 Å². The first-order chi connectivity index (χ1) is 14.6. The van der Waals surface area contributed by atoms with Crippen LogP contribution < -0.4 is 11.1 Å². The zero-order chi connectivity index (χ0) is 20.9. The summed E-state index contributed by atoms with van der Waals surface area (Å²) in [4.78, 5) is 23.8. The molecule has 148 valence electrons. The molecule has 1 heterocycles. The van der Waals surface area contributed by atoms with E-state index in [4.69, 9.17) is 10.8 Å². The van der Waals surface area contributed by atoms with Crippen LogP contribution in [0, 0.1) is 0 Å². The molecule has 0 radical (unpaired) electrons. The molecule has 3 aromatic carbocycles. The fourth-order valence-electron chi connectivity index (χ4n) is 3.15. The van der Waals surface area contributed by atoms with Crippen LogP contribution in [0.1, 0.15) is 26.3 Å². The minimum absolute atomic E-state index is 0.238. The van der Waals surface area contributed by atoms with Crippen molar-refractivity contribution >= 4 is 11.8 Å². The Morgan fingerprint density at radius 2 is 1.43 bits per heavy atom. The van der Waals surface area contributed by atoms with Crippen molar-refractivity contribution in [3.8, 4) is 16.9 Å². The molecular formula is C24H20N4O2. The Morgan fingerprint density at radius 1 is 0.833 bits per heavy atom. The minimum Gasteiger partial charge on any atom is -0.366 e. The number of hydrogen-bond acceptors (Lipinski definition) is 3. The third-order valence-electron chi connectivity index (χ3n) is 4.73. The molecule has 30 heavy (non-hydrogen) atoms. The molecule has 0 saturated heterocycles. The average molecular weight is 396 g/mol. The van der Waals surface area contributed by atoms with E-state index in [1.165, 1.54) is 0 Å². The molecule has 1 aromatic heterocycles. The van der Waals surface area contributed by atoms with E-state index >= 15 is 0 Å². The highest BCUT2D eigenvalue weighted by atomic mass is 16.2. The van der Waals surface area contributed by atoms with Crippen molar-refractivity contribution in [1.29, 1.82) is 0 Å². The topological polar surface area (TPSA) is 90.0 Å². The molecule has 0 aliphatic rings. The first kappa shape index (κ1) is 19.1. The standard InChI is InChI=1S/C24H20N4O2/c25-23(29)18-11-13-19(14-12-18)24(30)26-15-20-16-28(21-9-5-2-6-10-21)27-22(20)17-7-3-1-4-8-17/h1-14,16H,15H2,(H2,25,29)(H,26,30). The van der Waals surface area contributed by atoms with Crippen LogP contribution in [-0.4, -0.2) is 21.6 Å². The number of hydrogen-bond donors (Lipinski definition) is 2. The second-order valence-corrected chi connectivity index (χ2v) is 6.77. The predicted molar refractivity (Wildman–Crippen MR) is 115 cm³/mol. The van der Waals surface area contributed by atoms with Crippen LogP contribution in [0.3, 0.4) is 0 Å². The number of benzene rings is 3. The van der Waals surface area contributed by atoms with Crippen molar-refractivity contribution in [3.05, 3.63) is 108 Å². The largest absolute Gasteiger partial charge is 0.366 e. The lowest BCUT2D eigenvalue weighted by Gasteiger charge is -2.06. The van der Waals surface area contributed by atoms with Gasteiger partial charge in [-0.25, -0.2) is 4.68 Å². The molecule has 6 nitrogen and oxygen atoms in total. The lowest BCUT2D eigenvalue weighted by Crippen LogP contribution is -2.23. The van der Waals surface area contributed by atoms with Crippen molar-refractivity contribution in [1.82, 2.24) is 15.1 Å². The SMILES string of the molecule is NC(=O)c1ccc(C(=O)NCc2cn(-c3ccccc3)nc2-c2ccccc2)cc1. The summed E-state index contributed by atoms with van der Waals surface area (Å²) in [7, 11) is 0. The Kier molecular flexibility index (Phi) is 5.39. The predicted octanol–water partition coefficient (Wildman–Crippen LogP) is 3.57. The number of primary amides is 1. The quantitative estimate of drug-likeness (QED) is 0.522. The highest BCUT2D eigenvalue weighted by Crippen LogP contribution is 2.23. The van der Waals surface area contributed by atoms with Gasteiger partial charge in [0.15, 0.2) is 0 Å². The number of carbonyl (C=O) groups excluding carboxylic acids is 2. The number of carbonyl (C=O) groups is 2. The van der Waals surface area contributed by atoms with E-state index in [0.717, 1.165) is 22.5 Å². The zero-order valence-corrected chi connectivity index (χ0v) is 16.2. The second kappa shape index (κ2) is 8.45. The first-order valence-electron chi connectivity index (χ1n) is 9.49. The molecule has 2 amide bonds. The molecule has 4 aromatic rings. The Balaban J connectivity index is 1.59. The summed E-state index contributed by atoms with van der Waals surface area (Å²) < 4.78 is 1.81. The van der Waals surface area contributed by atoms with Gasteiger partial charge in [-0.05, 0) is 36.4 Å². The van der Waals surface area contributed by atoms with Crippen LogP contribution in [0.25, 0.3) is 16.9 Å². The average Bonchev–Trinajstić information content (AvgIpc) is 3.23. The van der Waals surface area contributed by atoms with Gasteiger partial charge >= 0.3 is 0 Å². The summed E-state index contributed by atoms with van der Waals surface area (Å²) in [6, 6.07) is 25.9. The molecule has 0 fully saturated rings. The first-order valence-corrected chi connectivity index (χ1v) is 9.49. The van der Waals surface area contributed by atoms with Gasteiger partial charge in [0.05, 0.1) is 11.4 Å². The van der Waals surface area contributed by atoms with E-state index < -0.39 is 5.91 Å². The van der Waals surface area contributed by atoms with Gasteiger partial charge in [0.2, 0.25) is 5.91 Å². The summed E-state index contributed by atoms with van der Waals surface area (Å²) in [5.74, 6) is -0.764. The van der Waals surface area contributed by atoms with E-state index in [-0.39, 0.29) is 5.91 Å². The van der Waals surface area contributed by atoms with E-state index in [2.05, 4.69) is 5.32 Å². The highest BCUT2D eigenvalue weighted by molar-refractivity contribution is 5.97. The van der Waals surface area contributed by atoms with Crippen LogP contribution in [0.5, 0.6) is 0 Å². The maximum atomic E-state index is 12.6. The number of nitrogens with two attached hydrogens (primary N) is 1. The number of nitrogens with one attached hydrogen (secondary N) is 1. The van der Waals surface area contributed by atoms with Crippen molar-refractivity contribution in [2.75, 3.05) is 0 Å². The molecule has 0 unspecified atom stereocenters. The Bertz CT molecular complexity index is 1170. The summed E-state index contributed by atoms with van der Waals surface area (Å²) in [5, 5.41) is 7.68. The minimum atomic E-state index is -0.525. The van der Waals surface area contributed by atoms with Gasteiger partial charge in [-0.3, -0.25) is 9.59 Å². The lowest BCUT2D eigenvalue weighted by atomic mass is 10.1. The Labute approximate surface area is 174 Å². The van der Waals surface area contributed by atoms with Gasteiger partial charge < -0.3 is 11.1 Å². The Morgan fingerprint density at radius 3 is 2.07 bits per heavy atom. The maximum Gasteiger partial charge on any atom is 0.251 e. The van der Waals surface area contributed by atoms with E-state index in [1.54, 1.807) is 24.3 Å².